The highest BCUT2D eigenvalue weighted by Crippen LogP contribution is 2.28. The lowest BCUT2D eigenvalue weighted by Gasteiger charge is -2.35. The number of carbonyl (C=O) groups is 1. The maximum Gasteiger partial charge on any atom is 0.324 e. The van der Waals surface area contributed by atoms with Crippen LogP contribution in [0.2, 0.25) is 0 Å². The summed E-state index contributed by atoms with van der Waals surface area (Å²) in [5, 5.41) is 4.06. The molecule has 10 nitrogen and oxygen atoms in total. The van der Waals surface area contributed by atoms with E-state index in [2.05, 4.69) is 38.9 Å². The first-order valence-electron chi connectivity index (χ1n) is 11.8. The average Bonchev–Trinajstić information content (AvgIpc) is 3.32. The molecule has 1 saturated carbocycles. The average molecular weight is 459 g/mol. The summed E-state index contributed by atoms with van der Waals surface area (Å²) in [7, 11) is 3.38. The minimum absolute atomic E-state index is 0.101. The number of aromatic nitrogens is 4. The van der Waals surface area contributed by atoms with Crippen LogP contribution in [0.3, 0.4) is 0 Å². The first-order valence-corrected chi connectivity index (χ1v) is 11.8. The lowest BCUT2D eigenvalue weighted by Crippen LogP contribution is -2.39. The van der Waals surface area contributed by atoms with E-state index in [1.54, 1.807) is 14.1 Å². The van der Waals surface area contributed by atoms with Crippen LogP contribution in [-0.4, -0.2) is 76.4 Å². The monoisotopic (exact) mass is 458 g/mol. The number of rotatable bonds is 7. The van der Waals surface area contributed by atoms with E-state index in [1.807, 2.05) is 0 Å². The minimum atomic E-state index is -0.171. The molecule has 2 fully saturated rings. The summed E-state index contributed by atoms with van der Waals surface area (Å²) in [6.45, 7) is 5.86. The second-order valence-electron chi connectivity index (χ2n) is 9.37. The van der Waals surface area contributed by atoms with E-state index in [0.717, 1.165) is 57.4 Å². The first kappa shape index (κ1) is 23.4. The highest BCUT2D eigenvalue weighted by molar-refractivity contribution is 5.91. The van der Waals surface area contributed by atoms with Crippen molar-refractivity contribution in [1.82, 2.24) is 25.0 Å². The smallest absolute Gasteiger partial charge is 0.324 e. The van der Waals surface area contributed by atoms with Crippen LogP contribution in [0.15, 0.2) is 16.9 Å². The van der Waals surface area contributed by atoms with Crippen LogP contribution in [0.1, 0.15) is 74.6 Å². The summed E-state index contributed by atoms with van der Waals surface area (Å²) in [5.74, 6) is 1.31. The van der Waals surface area contributed by atoms with Gasteiger partial charge in [0.1, 0.15) is 11.8 Å². The second-order valence-corrected chi connectivity index (χ2v) is 9.37. The number of piperidine rings is 1. The van der Waals surface area contributed by atoms with Gasteiger partial charge in [-0.05, 0) is 38.5 Å². The van der Waals surface area contributed by atoms with Crippen molar-refractivity contribution in [2.75, 3.05) is 32.1 Å². The molecule has 0 aromatic carbocycles. The SMILES string of the molecule is CC(C)c1noc(N2CCC(O[C@H]3CC[C@H](Oc4cnc(C(=O)N(C)C)cn4)CC3)CC2)n1. The molecule has 1 aliphatic carbocycles. The van der Waals surface area contributed by atoms with Gasteiger partial charge in [-0.1, -0.05) is 19.0 Å². The van der Waals surface area contributed by atoms with E-state index in [-0.39, 0.29) is 30.1 Å². The molecule has 0 spiro atoms. The molecule has 10 heteroatoms. The summed E-state index contributed by atoms with van der Waals surface area (Å²) >= 11 is 0. The molecule has 180 valence electrons. The standard InChI is InChI=1S/C23H34N6O4/c1-15(2)21-26-23(33-27-21)29-11-9-18(10-12-29)31-16-5-7-17(8-6-16)32-20-14-24-19(13-25-20)22(30)28(3)4/h13-18H,5-12H2,1-4H3/t16-,17-. The molecule has 1 aliphatic heterocycles. The Bertz CT molecular complexity index is 900. The Morgan fingerprint density at radius 2 is 1.70 bits per heavy atom. The molecule has 0 atom stereocenters. The van der Waals surface area contributed by atoms with Crippen molar-refractivity contribution >= 4 is 11.9 Å². The van der Waals surface area contributed by atoms with Gasteiger partial charge in [0.25, 0.3) is 5.91 Å². The quantitative estimate of drug-likeness (QED) is 0.618. The van der Waals surface area contributed by atoms with Crippen LogP contribution in [0.4, 0.5) is 6.01 Å². The number of ether oxygens (including phenoxy) is 2. The van der Waals surface area contributed by atoms with Gasteiger partial charge in [0.15, 0.2) is 5.82 Å². The normalized spacial score (nSPS) is 21.9. The predicted molar refractivity (Wildman–Crippen MR) is 121 cm³/mol. The third-order valence-electron chi connectivity index (χ3n) is 6.21. The van der Waals surface area contributed by atoms with Gasteiger partial charge in [0.05, 0.1) is 24.6 Å². The molecule has 0 radical (unpaired) electrons. The molecule has 0 N–H and O–H groups in total. The van der Waals surface area contributed by atoms with Gasteiger partial charge in [-0.25, -0.2) is 9.97 Å². The zero-order valence-corrected chi connectivity index (χ0v) is 19.9. The van der Waals surface area contributed by atoms with Crippen molar-refractivity contribution in [2.45, 2.75) is 76.6 Å². The molecule has 2 aromatic rings. The van der Waals surface area contributed by atoms with Crippen molar-refractivity contribution in [3.05, 3.63) is 23.9 Å². The topological polar surface area (TPSA) is 107 Å². The Balaban J connectivity index is 1.17. The van der Waals surface area contributed by atoms with Crippen LogP contribution in [-0.2, 0) is 4.74 Å². The van der Waals surface area contributed by atoms with Gasteiger partial charge >= 0.3 is 6.01 Å². The predicted octanol–water partition coefficient (Wildman–Crippen LogP) is 3.06. The zero-order valence-electron chi connectivity index (χ0n) is 19.9. The molecule has 2 aromatic heterocycles. The summed E-state index contributed by atoms with van der Waals surface area (Å²) in [6.07, 6.45) is 9.34. The summed E-state index contributed by atoms with van der Waals surface area (Å²) < 4.78 is 17.8. The number of anilines is 1. The fourth-order valence-electron chi connectivity index (χ4n) is 4.22. The third kappa shape index (κ3) is 5.98. The molecular formula is C23H34N6O4. The lowest BCUT2D eigenvalue weighted by atomic mass is 9.94. The first-order chi connectivity index (χ1) is 15.9. The molecule has 0 unspecified atom stereocenters. The van der Waals surface area contributed by atoms with Gasteiger partial charge in [-0.3, -0.25) is 4.79 Å². The van der Waals surface area contributed by atoms with E-state index < -0.39 is 0 Å². The molecule has 3 heterocycles. The second kappa shape index (κ2) is 10.5. The number of amides is 1. The fraction of sp³-hybridized carbons (Fsp3) is 0.696. The van der Waals surface area contributed by atoms with Crippen molar-refractivity contribution in [1.29, 1.82) is 0 Å². The van der Waals surface area contributed by atoms with Gasteiger partial charge in [-0.15, -0.1) is 0 Å². The molecule has 0 bridgehead atoms. The zero-order chi connectivity index (χ0) is 23.4. The third-order valence-corrected chi connectivity index (χ3v) is 6.21. The number of hydrogen-bond donors (Lipinski definition) is 0. The molecular weight excluding hydrogens is 424 g/mol. The van der Waals surface area contributed by atoms with Gasteiger partial charge in [-0.2, -0.15) is 4.98 Å². The molecule has 1 amide bonds. The largest absolute Gasteiger partial charge is 0.473 e. The van der Waals surface area contributed by atoms with Crippen molar-refractivity contribution < 1.29 is 18.8 Å². The Morgan fingerprint density at radius 1 is 1.03 bits per heavy atom. The van der Waals surface area contributed by atoms with E-state index in [1.165, 1.54) is 17.3 Å². The van der Waals surface area contributed by atoms with Crippen LogP contribution >= 0.6 is 0 Å². The Kier molecular flexibility index (Phi) is 7.42. The summed E-state index contributed by atoms with van der Waals surface area (Å²) in [4.78, 5) is 28.5. The van der Waals surface area contributed by atoms with Crippen LogP contribution in [0, 0.1) is 0 Å². The highest BCUT2D eigenvalue weighted by Gasteiger charge is 2.29. The number of hydrogen-bond acceptors (Lipinski definition) is 9. The lowest BCUT2D eigenvalue weighted by molar-refractivity contribution is -0.0533. The summed E-state index contributed by atoms with van der Waals surface area (Å²) in [6, 6.07) is 0.622. The molecule has 33 heavy (non-hydrogen) atoms. The number of nitrogens with zero attached hydrogens (tertiary/aromatic N) is 6. The highest BCUT2D eigenvalue weighted by atomic mass is 16.5. The van der Waals surface area contributed by atoms with Crippen LogP contribution < -0.4 is 9.64 Å². The van der Waals surface area contributed by atoms with Crippen molar-refractivity contribution in [3.63, 3.8) is 0 Å². The minimum Gasteiger partial charge on any atom is -0.473 e. The van der Waals surface area contributed by atoms with Gasteiger partial charge in [0, 0.05) is 33.1 Å². The maximum absolute atomic E-state index is 11.9. The molecule has 4 rings (SSSR count). The molecule has 2 aliphatic rings. The van der Waals surface area contributed by atoms with Gasteiger partial charge < -0.3 is 23.8 Å². The van der Waals surface area contributed by atoms with E-state index in [0.29, 0.717) is 17.6 Å². The molecule has 1 saturated heterocycles. The Hall–Kier alpha value is -2.75. The fourth-order valence-corrected chi connectivity index (χ4v) is 4.22. The van der Waals surface area contributed by atoms with Crippen molar-refractivity contribution in [2.24, 2.45) is 0 Å². The van der Waals surface area contributed by atoms with E-state index in [9.17, 15) is 4.79 Å². The van der Waals surface area contributed by atoms with E-state index in [4.69, 9.17) is 14.0 Å². The van der Waals surface area contributed by atoms with E-state index >= 15 is 0 Å². The van der Waals surface area contributed by atoms with Crippen LogP contribution in [0.5, 0.6) is 5.88 Å². The van der Waals surface area contributed by atoms with Crippen LogP contribution in [0.25, 0.3) is 0 Å². The Morgan fingerprint density at radius 3 is 2.27 bits per heavy atom. The Labute approximate surface area is 194 Å². The van der Waals surface area contributed by atoms with Crippen molar-refractivity contribution in [3.8, 4) is 5.88 Å². The maximum atomic E-state index is 11.9. The summed E-state index contributed by atoms with van der Waals surface area (Å²) in [5.41, 5.74) is 0.315. The van der Waals surface area contributed by atoms with Gasteiger partial charge in [0.2, 0.25) is 5.88 Å². The number of carbonyl (C=O) groups excluding carboxylic acids is 1.